The molecule has 2 amide bonds. The van der Waals surface area contributed by atoms with Gasteiger partial charge in [0.1, 0.15) is 0 Å². The average molecular weight is 760 g/mol. The van der Waals surface area contributed by atoms with Crippen LogP contribution in [0.1, 0.15) is 43.1 Å². The van der Waals surface area contributed by atoms with E-state index >= 15 is 0 Å². The normalized spacial score (nSPS) is 11.7. The van der Waals surface area contributed by atoms with E-state index in [1.54, 1.807) is 11.0 Å². The van der Waals surface area contributed by atoms with E-state index in [0.717, 1.165) is 22.0 Å². The van der Waals surface area contributed by atoms with Crippen LogP contribution in [-0.4, -0.2) is 29.4 Å². The van der Waals surface area contributed by atoms with Crippen molar-refractivity contribution in [3.8, 4) is 0 Å². The van der Waals surface area contributed by atoms with Crippen LogP contribution < -0.4 is 10.2 Å². The number of carboxylic acids is 1. The molecule has 2 rings (SSSR count). The van der Waals surface area contributed by atoms with Gasteiger partial charge in [0.15, 0.2) is 0 Å². The largest absolute Gasteiger partial charge is 0.481 e. The van der Waals surface area contributed by atoms with Gasteiger partial charge in [0.2, 0.25) is 5.91 Å². The van der Waals surface area contributed by atoms with Crippen LogP contribution >= 0.6 is 67.8 Å². The zero-order valence-corrected chi connectivity index (χ0v) is 23.8. The Balaban J connectivity index is 2.37. The number of nitrogens with zero attached hydrogens (tertiary/aromatic N) is 1. The standard InChI is InChI=1S/C22H23I3N2O4/c1-4-14(22(30)31)9-13-7-6-8-15(10-13)26-21(29)18-16(23)11-17(24)20(19(18)25)27(5-2)12(3)28/h6-8,10-11,14H,4-5,9H2,1-3H3,(H,26,29)(H,30,31). The first-order valence-corrected chi connectivity index (χ1v) is 12.9. The number of anilines is 2. The zero-order valence-electron chi connectivity index (χ0n) is 17.3. The lowest BCUT2D eigenvalue weighted by molar-refractivity contribution is -0.141. The predicted molar refractivity (Wildman–Crippen MR) is 148 cm³/mol. The van der Waals surface area contributed by atoms with Crippen molar-refractivity contribution in [1.82, 2.24) is 0 Å². The van der Waals surface area contributed by atoms with E-state index in [-0.39, 0.29) is 11.8 Å². The molecular formula is C22H23I3N2O4. The summed E-state index contributed by atoms with van der Waals surface area (Å²) >= 11 is 6.45. The van der Waals surface area contributed by atoms with E-state index in [4.69, 9.17) is 0 Å². The minimum Gasteiger partial charge on any atom is -0.481 e. The lowest BCUT2D eigenvalue weighted by atomic mass is 9.97. The number of aliphatic carboxylic acids is 1. The second-order valence-corrected chi connectivity index (χ2v) is 10.3. The van der Waals surface area contributed by atoms with Crippen LogP contribution in [0.25, 0.3) is 0 Å². The number of hydrogen-bond acceptors (Lipinski definition) is 3. The molecule has 9 heteroatoms. The molecule has 2 aromatic carbocycles. The molecule has 0 aliphatic rings. The molecule has 2 aromatic rings. The Labute approximate surface area is 223 Å². The first kappa shape index (κ1) is 26.3. The Morgan fingerprint density at radius 1 is 1.10 bits per heavy atom. The first-order chi connectivity index (χ1) is 14.6. The molecule has 0 aromatic heterocycles. The number of carbonyl (C=O) groups is 3. The third-order valence-corrected chi connectivity index (χ3v) is 7.57. The van der Waals surface area contributed by atoms with Gasteiger partial charge in [0.05, 0.1) is 20.7 Å². The van der Waals surface area contributed by atoms with Gasteiger partial charge in [-0.1, -0.05) is 19.1 Å². The lowest BCUT2D eigenvalue weighted by Crippen LogP contribution is -2.30. The van der Waals surface area contributed by atoms with Crippen molar-refractivity contribution in [2.75, 3.05) is 16.8 Å². The van der Waals surface area contributed by atoms with Gasteiger partial charge in [-0.05, 0) is 111 Å². The van der Waals surface area contributed by atoms with Crippen LogP contribution in [-0.2, 0) is 16.0 Å². The molecule has 0 radical (unpaired) electrons. The molecule has 2 N–H and O–H groups in total. The summed E-state index contributed by atoms with van der Waals surface area (Å²) in [6.45, 7) is 5.77. The monoisotopic (exact) mass is 760 g/mol. The minimum absolute atomic E-state index is 0.0810. The highest BCUT2D eigenvalue weighted by Gasteiger charge is 2.24. The third-order valence-electron chi connectivity index (χ3n) is 4.85. The summed E-state index contributed by atoms with van der Waals surface area (Å²) in [5.74, 6) is -1.63. The predicted octanol–water partition coefficient (Wildman–Crippen LogP) is 5.78. The average Bonchev–Trinajstić information content (AvgIpc) is 2.68. The molecule has 0 saturated heterocycles. The fourth-order valence-electron chi connectivity index (χ4n) is 3.23. The number of carbonyl (C=O) groups excluding carboxylic acids is 2. The maximum absolute atomic E-state index is 13.2. The Hall–Kier alpha value is -0.960. The van der Waals surface area contributed by atoms with Crippen molar-refractivity contribution in [2.45, 2.75) is 33.6 Å². The van der Waals surface area contributed by atoms with Crippen LogP contribution in [0.15, 0.2) is 30.3 Å². The van der Waals surface area contributed by atoms with Gasteiger partial charge in [-0.25, -0.2) is 0 Å². The summed E-state index contributed by atoms with van der Waals surface area (Å²) in [5, 5.41) is 12.2. The number of hydrogen-bond donors (Lipinski definition) is 2. The second-order valence-electron chi connectivity index (χ2n) is 6.94. The van der Waals surface area contributed by atoms with E-state index in [1.807, 2.05) is 38.1 Å². The number of nitrogens with one attached hydrogen (secondary N) is 1. The van der Waals surface area contributed by atoms with Crippen molar-refractivity contribution >= 4 is 96.9 Å². The van der Waals surface area contributed by atoms with Gasteiger partial charge < -0.3 is 15.3 Å². The number of rotatable bonds is 8. The maximum Gasteiger partial charge on any atom is 0.306 e. The first-order valence-electron chi connectivity index (χ1n) is 9.69. The number of halogens is 3. The summed E-state index contributed by atoms with van der Waals surface area (Å²) in [6.07, 6.45) is 0.945. The van der Waals surface area contributed by atoms with Crippen molar-refractivity contribution in [2.24, 2.45) is 5.92 Å². The zero-order chi connectivity index (χ0) is 23.3. The molecule has 6 nitrogen and oxygen atoms in total. The van der Waals surface area contributed by atoms with Gasteiger partial charge in [-0.3, -0.25) is 14.4 Å². The van der Waals surface area contributed by atoms with Crippen molar-refractivity contribution < 1.29 is 19.5 Å². The lowest BCUT2D eigenvalue weighted by Gasteiger charge is -2.24. The van der Waals surface area contributed by atoms with Crippen molar-refractivity contribution in [3.05, 3.63) is 52.2 Å². The summed E-state index contributed by atoms with van der Waals surface area (Å²) in [5.41, 5.74) is 2.71. The van der Waals surface area contributed by atoms with Crippen LogP contribution in [0.2, 0.25) is 0 Å². The molecule has 0 bridgehead atoms. The summed E-state index contributed by atoms with van der Waals surface area (Å²) in [6, 6.07) is 9.16. The Morgan fingerprint density at radius 2 is 1.77 bits per heavy atom. The molecular weight excluding hydrogens is 737 g/mol. The highest BCUT2D eigenvalue weighted by atomic mass is 127. The molecule has 0 fully saturated rings. The highest BCUT2D eigenvalue weighted by Crippen LogP contribution is 2.35. The molecule has 1 unspecified atom stereocenters. The number of benzene rings is 2. The van der Waals surface area contributed by atoms with Gasteiger partial charge >= 0.3 is 5.97 Å². The Bertz CT molecular complexity index is 1010. The van der Waals surface area contributed by atoms with Gasteiger partial charge in [-0.2, -0.15) is 0 Å². The molecule has 1 atom stereocenters. The van der Waals surface area contributed by atoms with Crippen molar-refractivity contribution in [1.29, 1.82) is 0 Å². The topological polar surface area (TPSA) is 86.7 Å². The van der Waals surface area contributed by atoms with Gasteiger partial charge in [0, 0.05) is 26.3 Å². The quantitative estimate of drug-likeness (QED) is 0.335. The molecule has 0 aliphatic carbocycles. The maximum atomic E-state index is 13.2. The Morgan fingerprint density at radius 3 is 2.32 bits per heavy atom. The van der Waals surface area contributed by atoms with E-state index in [9.17, 15) is 19.5 Å². The summed E-state index contributed by atoms with van der Waals surface area (Å²) < 4.78 is 2.41. The number of amides is 2. The molecule has 31 heavy (non-hydrogen) atoms. The smallest absolute Gasteiger partial charge is 0.306 e. The molecule has 166 valence electrons. The molecule has 0 aliphatic heterocycles. The van der Waals surface area contributed by atoms with E-state index in [1.165, 1.54) is 6.92 Å². The van der Waals surface area contributed by atoms with E-state index < -0.39 is 11.9 Å². The SMILES string of the molecule is CCC(Cc1cccc(NC(=O)c2c(I)cc(I)c(N(CC)C(C)=O)c2I)c1)C(=O)O. The van der Waals surface area contributed by atoms with Crippen LogP contribution in [0, 0.1) is 16.6 Å². The fourth-order valence-corrected chi connectivity index (χ4v) is 7.68. The number of carboxylic acid groups (broad SMARTS) is 1. The van der Waals surface area contributed by atoms with Crippen molar-refractivity contribution in [3.63, 3.8) is 0 Å². The van der Waals surface area contributed by atoms with Gasteiger partial charge in [0.25, 0.3) is 5.91 Å². The van der Waals surface area contributed by atoms with Crippen LogP contribution in [0.4, 0.5) is 11.4 Å². The fraction of sp³-hybridized carbons (Fsp3) is 0.318. The highest BCUT2D eigenvalue weighted by molar-refractivity contribution is 14.1. The second kappa shape index (κ2) is 11.8. The van der Waals surface area contributed by atoms with E-state index in [2.05, 4.69) is 73.1 Å². The Kier molecular flexibility index (Phi) is 9.98. The third kappa shape index (κ3) is 6.53. The van der Waals surface area contributed by atoms with Crippen LogP contribution in [0.5, 0.6) is 0 Å². The molecule has 0 heterocycles. The molecule has 0 spiro atoms. The summed E-state index contributed by atoms with van der Waals surface area (Å²) in [7, 11) is 0. The minimum atomic E-state index is -0.821. The van der Waals surface area contributed by atoms with Gasteiger partial charge in [-0.15, -0.1) is 0 Å². The summed E-state index contributed by atoms with van der Waals surface area (Å²) in [4.78, 5) is 38.3. The van der Waals surface area contributed by atoms with Crippen LogP contribution in [0.3, 0.4) is 0 Å². The molecule has 0 saturated carbocycles. The van der Waals surface area contributed by atoms with E-state index in [0.29, 0.717) is 30.6 Å².